The Morgan fingerprint density at radius 1 is 0.964 bits per heavy atom. The Bertz CT molecular complexity index is 1370. The van der Waals surface area contributed by atoms with Crippen molar-refractivity contribution >= 4 is 29.6 Å². The van der Waals surface area contributed by atoms with Gasteiger partial charge in [0.25, 0.3) is 0 Å². The van der Waals surface area contributed by atoms with E-state index in [1.807, 2.05) is 70.0 Å². The SMILES string of the molecule is CCC(C)C(C(CC(=O)N1CCC[C@H]1C(OC)C(C)C(=O)NC(Cc1ccccc1)C(=O)OC)OC)N(C)C(=O)CNC(=O)C(C(C)C)N(C)CCOCCN. The van der Waals surface area contributed by atoms with Gasteiger partial charge in [-0.05, 0) is 37.3 Å². The van der Waals surface area contributed by atoms with Crippen LogP contribution in [0.1, 0.15) is 65.9 Å². The minimum absolute atomic E-state index is 0.00304. The fourth-order valence-corrected chi connectivity index (χ4v) is 7.75. The lowest BCUT2D eigenvalue weighted by atomic mass is 9.90. The first-order valence-electron chi connectivity index (χ1n) is 20.0. The van der Waals surface area contributed by atoms with Crippen molar-refractivity contribution in [2.75, 3.05) is 74.8 Å². The van der Waals surface area contributed by atoms with Crippen LogP contribution in [-0.4, -0.2) is 155 Å². The molecule has 1 fully saturated rings. The molecule has 1 aromatic rings. The van der Waals surface area contributed by atoms with Gasteiger partial charge in [0, 0.05) is 47.3 Å². The molecule has 0 radical (unpaired) electrons. The minimum atomic E-state index is -0.895. The van der Waals surface area contributed by atoms with E-state index in [1.165, 1.54) is 21.3 Å². The van der Waals surface area contributed by atoms with E-state index in [9.17, 15) is 24.0 Å². The molecule has 15 nitrogen and oxygen atoms in total. The second-order valence-corrected chi connectivity index (χ2v) is 15.2. The summed E-state index contributed by atoms with van der Waals surface area (Å²) in [5.41, 5.74) is 6.38. The van der Waals surface area contributed by atoms with Gasteiger partial charge in [-0.1, -0.05) is 71.4 Å². The summed E-state index contributed by atoms with van der Waals surface area (Å²) in [6.45, 7) is 11.8. The van der Waals surface area contributed by atoms with E-state index >= 15 is 0 Å². The van der Waals surface area contributed by atoms with Gasteiger partial charge in [-0.2, -0.15) is 0 Å². The lowest BCUT2D eigenvalue weighted by Gasteiger charge is -2.39. The Labute approximate surface area is 334 Å². The second kappa shape index (κ2) is 24.9. The fourth-order valence-electron chi connectivity index (χ4n) is 7.75. The molecule has 0 saturated carbocycles. The van der Waals surface area contributed by atoms with Gasteiger partial charge in [0.1, 0.15) is 6.04 Å². The monoisotopic (exact) mass is 791 g/mol. The van der Waals surface area contributed by atoms with E-state index in [0.717, 1.165) is 18.4 Å². The zero-order valence-electron chi connectivity index (χ0n) is 35.5. The number of ether oxygens (including phenoxy) is 4. The molecule has 0 aliphatic carbocycles. The van der Waals surface area contributed by atoms with Gasteiger partial charge in [-0.15, -0.1) is 0 Å². The van der Waals surface area contributed by atoms with Crippen LogP contribution < -0.4 is 16.4 Å². The maximum Gasteiger partial charge on any atom is 0.328 e. The molecule has 4 N–H and O–H groups in total. The van der Waals surface area contributed by atoms with Crippen molar-refractivity contribution in [2.24, 2.45) is 23.5 Å². The summed E-state index contributed by atoms with van der Waals surface area (Å²) < 4.78 is 22.3. The highest BCUT2D eigenvalue weighted by Crippen LogP contribution is 2.29. The third-order valence-corrected chi connectivity index (χ3v) is 11.0. The first-order chi connectivity index (χ1) is 26.7. The summed E-state index contributed by atoms with van der Waals surface area (Å²) in [4.78, 5) is 72.7. The molecule has 1 saturated heterocycles. The van der Waals surface area contributed by atoms with Crippen LogP contribution in [0, 0.1) is 17.8 Å². The van der Waals surface area contributed by atoms with Gasteiger partial charge in [-0.25, -0.2) is 4.79 Å². The highest BCUT2D eigenvalue weighted by Gasteiger charge is 2.42. The molecule has 7 unspecified atom stereocenters. The van der Waals surface area contributed by atoms with Crippen molar-refractivity contribution in [3.8, 4) is 0 Å². The molecule has 15 heteroatoms. The molecule has 318 valence electrons. The van der Waals surface area contributed by atoms with Crippen LogP contribution in [0.15, 0.2) is 30.3 Å². The molecular weight excluding hydrogens is 720 g/mol. The van der Waals surface area contributed by atoms with Crippen molar-refractivity contribution in [3.05, 3.63) is 35.9 Å². The maximum absolute atomic E-state index is 14.1. The number of likely N-dealkylation sites (N-methyl/N-ethyl adjacent to an activating group) is 2. The molecule has 1 aromatic carbocycles. The number of carbonyl (C=O) groups excluding carboxylic acids is 5. The van der Waals surface area contributed by atoms with Crippen LogP contribution in [0.3, 0.4) is 0 Å². The lowest BCUT2D eigenvalue weighted by Crippen LogP contribution is -2.55. The summed E-state index contributed by atoms with van der Waals surface area (Å²) in [5, 5.41) is 5.69. The Hall–Kier alpha value is -3.63. The molecule has 0 spiro atoms. The van der Waals surface area contributed by atoms with Gasteiger partial charge >= 0.3 is 5.97 Å². The number of hydrogen-bond acceptors (Lipinski definition) is 11. The number of amides is 4. The Balaban J connectivity index is 2.16. The summed E-state index contributed by atoms with van der Waals surface area (Å²) in [6, 6.07) is 7.14. The summed E-state index contributed by atoms with van der Waals surface area (Å²) >= 11 is 0. The van der Waals surface area contributed by atoms with E-state index < -0.39 is 48.3 Å². The van der Waals surface area contributed by atoms with Gasteiger partial charge in [0.2, 0.25) is 23.6 Å². The third-order valence-electron chi connectivity index (χ3n) is 11.0. The zero-order valence-corrected chi connectivity index (χ0v) is 35.5. The predicted molar refractivity (Wildman–Crippen MR) is 214 cm³/mol. The number of methoxy groups -OCH3 is 3. The molecule has 1 aliphatic heterocycles. The standard InChI is InChI=1S/C41H70N6O9/c1-11-28(4)37(46(7)35(49)26-43-40(51)36(27(2)3)45(6)21-23-56-22-19-42)33(53-8)25-34(48)47-20-15-18-32(47)38(54-9)29(5)39(50)44-31(41(52)55-10)24-30-16-13-12-14-17-30/h12-14,16-17,27-29,31-33,36-38H,11,15,18-26,42H2,1-10H3,(H,43,51)(H,44,50)/t28?,29?,31?,32-,33?,36?,37?,38?/m0/s1. The van der Waals surface area contributed by atoms with E-state index in [-0.39, 0.29) is 54.9 Å². The molecule has 0 bridgehead atoms. The van der Waals surface area contributed by atoms with Gasteiger partial charge < -0.3 is 45.1 Å². The quantitative estimate of drug-likeness (QED) is 0.0972. The molecule has 1 heterocycles. The van der Waals surface area contributed by atoms with Gasteiger partial charge in [0.05, 0.1) is 69.5 Å². The molecule has 56 heavy (non-hydrogen) atoms. The number of likely N-dealkylation sites (tertiary alicyclic amines) is 1. The maximum atomic E-state index is 14.1. The van der Waals surface area contributed by atoms with Crippen molar-refractivity contribution < 1.29 is 42.9 Å². The van der Waals surface area contributed by atoms with Crippen LogP contribution in [0.2, 0.25) is 0 Å². The number of hydrogen-bond donors (Lipinski definition) is 3. The van der Waals surface area contributed by atoms with Crippen molar-refractivity contribution in [3.63, 3.8) is 0 Å². The molecule has 8 atom stereocenters. The number of nitrogens with one attached hydrogen (secondary N) is 2. The molecular formula is C41H70N6O9. The predicted octanol–water partition coefficient (Wildman–Crippen LogP) is 1.86. The minimum Gasteiger partial charge on any atom is -0.467 e. The first kappa shape index (κ1) is 48.5. The first-order valence-corrected chi connectivity index (χ1v) is 20.0. The zero-order chi connectivity index (χ0) is 41.9. The van der Waals surface area contributed by atoms with Crippen LogP contribution >= 0.6 is 0 Å². The molecule has 4 amide bonds. The van der Waals surface area contributed by atoms with Crippen molar-refractivity contribution in [1.29, 1.82) is 0 Å². The molecule has 1 aliphatic rings. The topological polar surface area (TPSA) is 182 Å². The summed E-state index contributed by atoms with van der Waals surface area (Å²) in [6.07, 6.45) is 1.03. The number of benzene rings is 1. The average Bonchev–Trinajstić information content (AvgIpc) is 3.67. The van der Waals surface area contributed by atoms with Gasteiger partial charge in [-0.3, -0.25) is 24.1 Å². The highest BCUT2D eigenvalue weighted by atomic mass is 16.5. The fraction of sp³-hybridized carbons (Fsp3) is 0.732. The van der Waals surface area contributed by atoms with E-state index in [0.29, 0.717) is 39.3 Å². The average molecular weight is 791 g/mol. The van der Waals surface area contributed by atoms with E-state index in [1.54, 1.807) is 23.8 Å². The smallest absolute Gasteiger partial charge is 0.328 e. The largest absolute Gasteiger partial charge is 0.467 e. The number of esters is 1. The molecule has 0 aromatic heterocycles. The van der Waals surface area contributed by atoms with Crippen molar-refractivity contribution in [1.82, 2.24) is 25.3 Å². The summed E-state index contributed by atoms with van der Waals surface area (Å²) in [7, 11) is 7.88. The van der Waals surface area contributed by atoms with Gasteiger partial charge in [0.15, 0.2) is 0 Å². The Morgan fingerprint density at radius 3 is 2.21 bits per heavy atom. The number of nitrogens with zero attached hydrogens (tertiary/aromatic N) is 3. The number of nitrogens with two attached hydrogens (primary N) is 1. The molecule has 2 rings (SSSR count). The summed E-state index contributed by atoms with van der Waals surface area (Å²) in [5.74, 6) is -2.42. The van der Waals surface area contributed by atoms with Crippen LogP contribution in [0.5, 0.6) is 0 Å². The normalized spacial score (nSPS) is 18.1. The number of rotatable bonds is 25. The highest BCUT2D eigenvalue weighted by molar-refractivity contribution is 5.88. The van der Waals surface area contributed by atoms with Crippen molar-refractivity contribution in [2.45, 2.75) is 103 Å². The third kappa shape index (κ3) is 14.1. The number of carbonyl (C=O) groups is 5. The lowest BCUT2D eigenvalue weighted by molar-refractivity contribution is -0.148. The Kier molecular flexibility index (Phi) is 21.6. The second-order valence-electron chi connectivity index (χ2n) is 15.2. The Morgan fingerprint density at radius 2 is 1.64 bits per heavy atom. The van der Waals surface area contributed by atoms with Crippen LogP contribution in [0.25, 0.3) is 0 Å². The van der Waals surface area contributed by atoms with E-state index in [4.69, 9.17) is 24.7 Å². The van der Waals surface area contributed by atoms with Crippen LogP contribution in [-0.2, 0) is 49.3 Å². The van der Waals surface area contributed by atoms with E-state index in [2.05, 4.69) is 10.6 Å². The van der Waals surface area contributed by atoms with Crippen LogP contribution in [0.4, 0.5) is 0 Å².